The minimum absolute atomic E-state index is 0.209. The largest absolute Gasteiger partial charge is 0.384 e. The fraction of sp³-hybridized carbons (Fsp3) is 0.235. The second kappa shape index (κ2) is 4.63. The van der Waals surface area contributed by atoms with Crippen molar-refractivity contribution in [1.29, 1.82) is 0 Å². The molecule has 1 fully saturated rings. The van der Waals surface area contributed by atoms with Crippen LogP contribution in [0.1, 0.15) is 29.0 Å². The number of hydrogen-bond acceptors (Lipinski definition) is 4. The molecule has 4 heteroatoms. The molecule has 0 spiro atoms. The van der Waals surface area contributed by atoms with Crippen LogP contribution in [0.15, 0.2) is 54.6 Å². The smallest absolute Gasteiger partial charge is 0.124 e. The van der Waals surface area contributed by atoms with Crippen LogP contribution in [0.2, 0.25) is 0 Å². The molecule has 2 aromatic carbocycles. The lowest BCUT2D eigenvalue weighted by Gasteiger charge is -2.17. The Hall–Kier alpha value is -1.75. The average molecular weight is 296 g/mol. The number of benzene rings is 2. The van der Waals surface area contributed by atoms with E-state index in [1.807, 2.05) is 42.5 Å². The van der Waals surface area contributed by atoms with Gasteiger partial charge in [-0.15, -0.1) is 11.3 Å². The molecule has 1 aliphatic rings. The van der Waals surface area contributed by atoms with Gasteiger partial charge in [-0.25, -0.2) is 4.98 Å². The van der Waals surface area contributed by atoms with Gasteiger partial charge in [0, 0.05) is 5.92 Å². The molecule has 1 aromatic heterocycles. The van der Waals surface area contributed by atoms with Crippen molar-refractivity contribution in [2.75, 3.05) is 0 Å². The van der Waals surface area contributed by atoms with Crippen LogP contribution in [0, 0.1) is 0 Å². The summed E-state index contributed by atoms with van der Waals surface area (Å²) in [6, 6.07) is 18.1. The Bertz CT molecular complexity index is 753. The molecule has 3 atom stereocenters. The van der Waals surface area contributed by atoms with E-state index in [9.17, 15) is 5.11 Å². The Morgan fingerprint density at radius 1 is 1.14 bits per heavy atom. The molecule has 0 radical (unpaired) electrons. The molecule has 1 saturated carbocycles. The van der Waals surface area contributed by atoms with Crippen molar-refractivity contribution in [2.24, 2.45) is 5.73 Å². The third kappa shape index (κ3) is 2.07. The Balaban J connectivity index is 1.64. The SMILES string of the molecule is NC1(C(O)c2nc3ccccc3s2)C[C@H]1c1ccccc1. The van der Waals surface area contributed by atoms with E-state index in [-0.39, 0.29) is 5.92 Å². The minimum Gasteiger partial charge on any atom is -0.384 e. The standard InChI is InChI=1S/C17H16N2OS/c18-17(10-12(17)11-6-2-1-3-7-11)15(20)16-19-13-8-4-5-9-14(13)21-16/h1-9,12,15,20H,10,18H2/t12-,15?,17?/m0/s1. The van der Waals surface area contributed by atoms with E-state index in [1.54, 1.807) is 0 Å². The number of hydrogen-bond donors (Lipinski definition) is 2. The van der Waals surface area contributed by atoms with Crippen LogP contribution in [-0.2, 0) is 0 Å². The Morgan fingerprint density at radius 3 is 2.62 bits per heavy atom. The number of nitrogens with two attached hydrogens (primary N) is 1. The van der Waals surface area contributed by atoms with E-state index in [0.29, 0.717) is 0 Å². The molecular weight excluding hydrogens is 280 g/mol. The zero-order valence-electron chi connectivity index (χ0n) is 11.4. The van der Waals surface area contributed by atoms with Gasteiger partial charge in [0.05, 0.1) is 15.8 Å². The van der Waals surface area contributed by atoms with E-state index >= 15 is 0 Å². The van der Waals surface area contributed by atoms with Gasteiger partial charge in [-0.3, -0.25) is 0 Å². The second-order valence-corrected chi connectivity index (χ2v) is 6.76. The zero-order valence-corrected chi connectivity index (χ0v) is 12.3. The highest BCUT2D eigenvalue weighted by molar-refractivity contribution is 7.18. The quantitative estimate of drug-likeness (QED) is 0.780. The van der Waals surface area contributed by atoms with Crippen molar-refractivity contribution >= 4 is 21.6 Å². The van der Waals surface area contributed by atoms with Crippen LogP contribution in [0.3, 0.4) is 0 Å². The fourth-order valence-electron chi connectivity index (χ4n) is 2.95. The van der Waals surface area contributed by atoms with Crippen molar-refractivity contribution in [3.05, 3.63) is 65.2 Å². The van der Waals surface area contributed by atoms with Crippen LogP contribution in [0.5, 0.6) is 0 Å². The van der Waals surface area contributed by atoms with E-state index in [0.717, 1.165) is 21.6 Å². The molecule has 3 N–H and O–H groups in total. The number of aromatic nitrogens is 1. The van der Waals surface area contributed by atoms with Crippen LogP contribution >= 0.6 is 11.3 Å². The summed E-state index contributed by atoms with van der Waals surface area (Å²) in [5, 5.41) is 11.4. The summed E-state index contributed by atoms with van der Waals surface area (Å²) in [7, 11) is 0. The summed E-state index contributed by atoms with van der Waals surface area (Å²) in [5.74, 6) is 0.209. The van der Waals surface area contributed by atoms with Gasteiger partial charge in [0.15, 0.2) is 0 Å². The highest BCUT2D eigenvalue weighted by Crippen LogP contribution is 2.56. The van der Waals surface area contributed by atoms with Gasteiger partial charge in [-0.2, -0.15) is 0 Å². The van der Waals surface area contributed by atoms with E-state index in [2.05, 4.69) is 17.1 Å². The van der Waals surface area contributed by atoms with Crippen molar-refractivity contribution in [3.63, 3.8) is 0 Å². The first kappa shape index (κ1) is 13.0. The molecule has 4 rings (SSSR count). The van der Waals surface area contributed by atoms with Gasteiger partial charge in [0.25, 0.3) is 0 Å². The monoisotopic (exact) mass is 296 g/mol. The third-order valence-corrected chi connectivity index (χ3v) is 5.39. The number of aliphatic hydroxyl groups is 1. The topological polar surface area (TPSA) is 59.1 Å². The molecule has 3 aromatic rings. The van der Waals surface area contributed by atoms with E-state index < -0.39 is 11.6 Å². The summed E-state index contributed by atoms with van der Waals surface area (Å²) in [5.41, 5.74) is 7.97. The van der Waals surface area contributed by atoms with Crippen LogP contribution in [0.25, 0.3) is 10.2 Å². The fourth-order valence-corrected chi connectivity index (χ4v) is 4.01. The number of fused-ring (bicyclic) bond motifs is 1. The normalized spacial score (nSPS) is 25.9. The maximum atomic E-state index is 10.7. The van der Waals surface area contributed by atoms with Gasteiger partial charge >= 0.3 is 0 Å². The molecule has 0 aliphatic heterocycles. The van der Waals surface area contributed by atoms with E-state index in [1.165, 1.54) is 16.9 Å². The summed E-state index contributed by atoms with van der Waals surface area (Å²) < 4.78 is 1.09. The number of thiazole rings is 1. The molecular formula is C17H16N2OS. The number of para-hydroxylation sites is 1. The highest BCUT2D eigenvalue weighted by Gasteiger charge is 2.57. The summed E-state index contributed by atoms with van der Waals surface area (Å²) >= 11 is 1.53. The first-order valence-electron chi connectivity index (χ1n) is 7.06. The maximum Gasteiger partial charge on any atom is 0.124 e. The van der Waals surface area contributed by atoms with Crippen LogP contribution in [-0.4, -0.2) is 15.6 Å². The average Bonchev–Trinajstić information content (AvgIpc) is 3.04. The number of nitrogens with zero attached hydrogens (tertiary/aromatic N) is 1. The molecule has 0 bridgehead atoms. The number of aliphatic hydroxyl groups excluding tert-OH is 1. The van der Waals surface area contributed by atoms with E-state index in [4.69, 9.17) is 5.73 Å². The Morgan fingerprint density at radius 2 is 1.86 bits per heavy atom. The number of rotatable bonds is 3. The lowest BCUT2D eigenvalue weighted by Crippen LogP contribution is -2.32. The molecule has 21 heavy (non-hydrogen) atoms. The second-order valence-electron chi connectivity index (χ2n) is 5.70. The predicted octanol–water partition coefficient (Wildman–Crippen LogP) is 3.21. The van der Waals surface area contributed by atoms with Gasteiger partial charge in [0.1, 0.15) is 11.1 Å². The van der Waals surface area contributed by atoms with Crippen molar-refractivity contribution in [3.8, 4) is 0 Å². The van der Waals surface area contributed by atoms with Crippen molar-refractivity contribution in [1.82, 2.24) is 4.98 Å². The molecule has 1 heterocycles. The van der Waals surface area contributed by atoms with Crippen LogP contribution in [0.4, 0.5) is 0 Å². The summed E-state index contributed by atoms with van der Waals surface area (Å²) in [6.07, 6.45) is 0.0915. The summed E-state index contributed by atoms with van der Waals surface area (Å²) in [4.78, 5) is 4.54. The van der Waals surface area contributed by atoms with Gasteiger partial charge in [0.2, 0.25) is 0 Å². The summed E-state index contributed by atoms with van der Waals surface area (Å²) in [6.45, 7) is 0. The molecule has 0 amide bonds. The molecule has 1 aliphatic carbocycles. The first-order valence-corrected chi connectivity index (χ1v) is 7.87. The van der Waals surface area contributed by atoms with Gasteiger partial charge in [-0.1, -0.05) is 42.5 Å². The highest BCUT2D eigenvalue weighted by atomic mass is 32.1. The van der Waals surface area contributed by atoms with Gasteiger partial charge in [-0.05, 0) is 24.1 Å². The molecule has 0 saturated heterocycles. The predicted molar refractivity (Wildman–Crippen MR) is 85.3 cm³/mol. The van der Waals surface area contributed by atoms with Crippen LogP contribution < -0.4 is 5.73 Å². The maximum absolute atomic E-state index is 10.7. The van der Waals surface area contributed by atoms with Crippen molar-refractivity contribution < 1.29 is 5.11 Å². The third-order valence-electron chi connectivity index (χ3n) is 4.30. The van der Waals surface area contributed by atoms with Crippen molar-refractivity contribution in [2.45, 2.75) is 24.0 Å². The lowest BCUT2D eigenvalue weighted by molar-refractivity contribution is 0.133. The zero-order chi connectivity index (χ0) is 14.4. The molecule has 3 nitrogen and oxygen atoms in total. The Labute approximate surface area is 127 Å². The lowest BCUT2D eigenvalue weighted by atomic mass is 10.0. The molecule has 106 valence electrons. The Kier molecular flexibility index (Phi) is 2.85. The molecule has 2 unspecified atom stereocenters. The van der Waals surface area contributed by atoms with Gasteiger partial charge < -0.3 is 10.8 Å². The first-order chi connectivity index (χ1) is 10.2. The minimum atomic E-state index is -0.708.